The lowest BCUT2D eigenvalue weighted by Gasteiger charge is -2.18. The Kier molecular flexibility index (Phi) is 17.4. The van der Waals surface area contributed by atoms with Gasteiger partial charge < -0.3 is 29.0 Å². The van der Waals surface area contributed by atoms with Gasteiger partial charge in [0.15, 0.2) is 15.6 Å². The van der Waals surface area contributed by atoms with Gasteiger partial charge in [0.05, 0.1) is 42.1 Å². The van der Waals surface area contributed by atoms with Gasteiger partial charge in [0.1, 0.15) is 6.10 Å². The third-order valence-electron chi connectivity index (χ3n) is 5.14. The molecule has 12 heteroatoms. The maximum absolute atomic E-state index is 13.1. The second-order valence-electron chi connectivity index (χ2n) is 8.20. The van der Waals surface area contributed by atoms with Crippen molar-refractivity contribution in [2.24, 2.45) is 0 Å². The van der Waals surface area contributed by atoms with Crippen LogP contribution in [-0.2, 0) is 33.5 Å². The second-order valence-corrected chi connectivity index (χ2v) is 10.6. The predicted molar refractivity (Wildman–Crippen MR) is 140 cm³/mol. The van der Waals surface area contributed by atoms with Gasteiger partial charge in [-0.3, -0.25) is 4.79 Å². The van der Waals surface area contributed by atoms with Crippen molar-refractivity contribution in [2.75, 3.05) is 66.2 Å². The van der Waals surface area contributed by atoms with Gasteiger partial charge in [0.2, 0.25) is 0 Å². The number of Topliss-reactive ketones (excluding diaryl/α,β-unsaturated/α-hetero) is 1. The first kappa shape index (κ1) is 33.3. The fourth-order valence-corrected chi connectivity index (χ4v) is 4.96. The fraction of sp³-hybridized carbons (Fsp3) is 0.680. The zero-order valence-electron chi connectivity index (χ0n) is 22.0. The number of hydrogen-bond donors (Lipinski definition) is 1. The summed E-state index contributed by atoms with van der Waals surface area (Å²) in [5.41, 5.74) is 0.126. The highest BCUT2D eigenvalue weighted by Crippen LogP contribution is 2.24. The van der Waals surface area contributed by atoms with Crippen LogP contribution in [0.15, 0.2) is 23.1 Å². The lowest BCUT2D eigenvalue weighted by molar-refractivity contribution is 0.0141. The summed E-state index contributed by atoms with van der Waals surface area (Å²) in [6.45, 7) is 5.41. The Bertz CT molecular complexity index is 911. The number of rotatable bonds is 21. The number of benzene rings is 1. The Morgan fingerprint density at radius 2 is 1.62 bits per heavy atom. The molecule has 1 amide bonds. The Morgan fingerprint density at radius 3 is 2.24 bits per heavy atom. The van der Waals surface area contributed by atoms with E-state index < -0.39 is 27.8 Å². The smallest absolute Gasteiger partial charge is 0.407 e. The molecule has 1 aromatic carbocycles. The summed E-state index contributed by atoms with van der Waals surface area (Å²) in [5.74, 6) is -0.715. The number of hydrogen-bond acceptors (Lipinski definition) is 9. The molecule has 37 heavy (non-hydrogen) atoms. The van der Waals surface area contributed by atoms with Crippen molar-refractivity contribution in [1.82, 2.24) is 5.32 Å². The first-order valence-corrected chi connectivity index (χ1v) is 14.4. The van der Waals surface area contributed by atoms with Gasteiger partial charge in [0.25, 0.3) is 0 Å². The maximum atomic E-state index is 13.1. The minimum atomic E-state index is -3.87. The minimum absolute atomic E-state index is 0.0613. The van der Waals surface area contributed by atoms with E-state index in [0.29, 0.717) is 65.5 Å². The monoisotopic (exact) mass is 565 g/mol. The quantitative estimate of drug-likeness (QED) is 0.175. The van der Waals surface area contributed by atoms with Crippen LogP contribution in [0, 0.1) is 0 Å². The molecule has 0 aliphatic heterocycles. The minimum Gasteiger partial charge on any atom is -0.445 e. The highest BCUT2D eigenvalue weighted by Gasteiger charge is 2.25. The summed E-state index contributed by atoms with van der Waals surface area (Å²) < 4.78 is 52.5. The zero-order valence-corrected chi connectivity index (χ0v) is 23.5. The molecule has 0 radical (unpaired) electrons. The number of alkyl carbamates (subject to hydrolysis) is 1. The zero-order chi connectivity index (χ0) is 27.5. The molecule has 0 aliphatic carbocycles. The van der Waals surface area contributed by atoms with Gasteiger partial charge in [-0.15, -0.1) is 0 Å². The van der Waals surface area contributed by atoms with Gasteiger partial charge >= 0.3 is 6.09 Å². The predicted octanol–water partition coefficient (Wildman–Crippen LogP) is 3.69. The number of carbonyl (C=O) groups excluding carboxylic acids is 2. The van der Waals surface area contributed by atoms with E-state index in [1.54, 1.807) is 0 Å². The van der Waals surface area contributed by atoms with E-state index in [0.717, 1.165) is 6.42 Å². The van der Waals surface area contributed by atoms with Gasteiger partial charge in [-0.2, -0.15) is 0 Å². The van der Waals surface area contributed by atoms with E-state index in [2.05, 4.69) is 5.32 Å². The number of methoxy groups -OCH3 is 1. The largest absolute Gasteiger partial charge is 0.445 e. The highest BCUT2D eigenvalue weighted by atomic mass is 35.5. The molecule has 1 atom stereocenters. The van der Waals surface area contributed by atoms with Crippen LogP contribution >= 0.6 is 11.6 Å². The molecular formula is C25H40ClNO9S. The van der Waals surface area contributed by atoms with Crippen molar-refractivity contribution in [3.8, 4) is 0 Å². The fourth-order valence-electron chi connectivity index (χ4n) is 3.25. The van der Waals surface area contributed by atoms with Crippen LogP contribution in [0.4, 0.5) is 4.79 Å². The number of amides is 1. The van der Waals surface area contributed by atoms with Crippen molar-refractivity contribution >= 4 is 33.3 Å². The van der Waals surface area contributed by atoms with Crippen LogP contribution < -0.4 is 5.32 Å². The Balaban J connectivity index is 2.61. The van der Waals surface area contributed by atoms with E-state index in [1.165, 1.54) is 32.4 Å². The molecule has 0 heterocycles. The molecule has 0 aromatic heterocycles. The molecule has 1 rings (SSSR count). The number of nitrogens with one attached hydrogen (secondary N) is 1. The van der Waals surface area contributed by atoms with Crippen LogP contribution in [-0.4, -0.2) is 92.6 Å². The lowest BCUT2D eigenvalue weighted by Crippen LogP contribution is -2.31. The van der Waals surface area contributed by atoms with Gasteiger partial charge in [-0.1, -0.05) is 18.5 Å². The highest BCUT2D eigenvalue weighted by molar-refractivity contribution is 7.91. The van der Waals surface area contributed by atoms with Crippen LogP contribution in [0.3, 0.4) is 0 Å². The molecule has 0 saturated heterocycles. The Hall–Kier alpha value is -1.76. The van der Waals surface area contributed by atoms with Gasteiger partial charge in [-0.25, -0.2) is 13.2 Å². The van der Waals surface area contributed by atoms with E-state index in [1.807, 2.05) is 6.92 Å². The first-order valence-electron chi connectivity index (χ1n) is 12.4. The van der Waals surface area contributed by atoms with E-state index in [-0.39, 0.29) is 27.7 Å². The number of halogens is 1. The molecule has 1 unspecified atom stereocenters. The summed E-state index contributed by atoms with van der Waals surface area (Å²) in [5, 5.41) is 2.49. The summed E-state index contributed by atoms with van der Waals surface area (Å²) in [7, 11) is -0.948. The van der Waals surface area contributed by atoms with Crippen LogP contribution in [0.1, 0.15) is 49.4 Å². The summed E-state index contributed by atoms with van der Waals surface area (Å²) in [6, 6.07) is 4.01. The van der Waals surface area contributed by atoms with Crippen molar-refractivity contribution < 1.29 is 41.7 Å². The third kappa shape index (κ3) is 14.1. The Labute approximate surface area is 225 Å². The van der Waals surface area contributed by atoms with Gasteiger partial charge in [-0.05, 0) is 43.9 Å². The molecule has 0 fully saturated rings. The summed E-state index contributed by atoms with van der Waals surface area (Å²) in [4.78, 5) is 24.3. The second kappa shape index (κ2) is 19.3. The number of ether oxygens (including phenoxy) is 5. The molecule has 10 nitrogen and oxygen atoms in total. The van der Waals surface area contributed by atoms with Crippen molar-refractivity contribution in [3.05, 3.63) is 28.8 Å². The maximum Gasteiger partial charge on any atom is 0.407 e. The van der Waals surface area contributed by atoms with Crippen LogP contribution in [0.5, 0.6) is 0 Å². The van der Waals surface area contributed by atoms with E-state index in [4.69, 9.17) is 35.3 Å². The first-order chi connectivity index (χ1) is 17.7. The number of carbonyl (C=O) groups is 2. The van der Waals surface area contributed by atoms with Crippen molar-refractivity contribution in [2.45, 2.75) is 50.0 Å². The van der Waals surface area contributed by atoms with Crippen molar-refractivity contribution in [1.29, 1.82) is 0 Å². The van der Waals surface area contributed by atoms with E-state index >= 15 is 0 Å². The normalized spacial score (nSPS) is 12.3. The topological polar surface area (TPSA) is 126 Å². The number of sulfone groups is 1. The standard InChI is InChI=1S/C25H40ClNO9S/c1-4-11-33-14-16-35-17-15-34-13-6-8-24(28)22-18-21(9-10-23(22)26)37(30,31)19-20(7-5-12-32-3)36-25(29)27-2/h9-10,18,20H,4-8,11-17,19H2,1-3H3,(H,27,29). The SMILES string of the molecule is CCCOCCOCCOCCCC(=O)c1cc(S(=O)(=O)CC(CCCOC)OC(=O)NC)ccc1Cl. The van der Waals surface area contributed by atoms with Crippen molar-refractivity contribution in [3.63, 3.8) is 0 Å². The summed E-state index contributed by atoms with van der Waals surface area (Å²) in [6.07, 6.45) is 0.787. The molecule has 0 bridgehead atoms. The molecule has 1 aromatic rings. The molecular weight excluding hydrogens is 526 g/mol. The lowest BCUT2D eigenvalue weighted by atomic mass is 10.1. The van der Waals surface area contributed by atoms with Crippen LogP contribution in [0.2, 0.25) is 5.02 Å². The average Bonchev–Trinajstić information content (AvgIpc) is 2.87. The number of ketones is 1. The molecule has 212 valence electrons. The summed E-state index contributed by atoms with van der Waals surface area (Å²) >= 11 is 6.20. The third-order valence-corrected chi connectivity index (χ3v) is 7.25. The molecule has 0 saturated carbocycles. The molecule has 0 aliphatic rings. The van der Waals surface area contributed by atoms with Gasteiger partial charge in [0, 0.05) is 46.0 Å². The van der Waals surface area contributed by atoms with E-state index in [9.17, 15) is 18.0 Å². The van der Waals surface area contributed by atoms with Crippen LogP contribution in [0.25, 0.3) is 0 Å². The Morgan fingerprint density at radius 1 is 0.973 bits per heavy atom. The average molecular weight is 566 g/mol. The molecule has 1 N–H and O–H groups in total. The molecule has 0 spiro atoms.